The Morgan fingerprint density at radius 3 is 2.59 bits per heavy atom. The number of rotatable bonds is 10. The van der Waals surface area contributed by atoms with Crippen molar-refractivity contribution in [1.82, 2.24) is 10.3 Å². The van der Waals surface area contributed by atoms with Gasteiger partial charge in [0.15, 0.2) is 0 Å². The van der Waals surface area contributed by atoms with Crippen LogP contribution >= 0.6 is 0 Å². The highest BCUT2D eigenvalue weighted by atomic mass is 16.5. The van der Waals surface area contributed by atoms with Gasteiger partial charge < -0.3 is 15.4 Å². The third-order valence-corrected chi connectivity index (χ3v) is 4.69. The Balaban J connectivity index is 1.45. The lowest BCUT2D eigenvalue weighted by molar-refractivity contribution is 0.0954. The van der Waals surface area contributed by atoms with Crippen molar-refractivity contribution in [2.75, 3.05) is 25.5 Å². The van der Waals surface area contributed by atoms with E-state index in [2.05, 4.69) is 39.9 Å². The lowest BCUT2D eigenvalue weighted by Crippen LogP contribution is -2.26. The molecule has 5 nitrogen and oxygen atoms in total. The van der Waals surface area contributed by atoms with E-state index < -0.39 is 0 Å². The second-order valence-corrected chi connectivity index (χ2v) is 6.76. The Morgan fingerprint density at radius 2 is 1.76 bits per heavy atom. The van der Waals surface area contributed by atoms with Crippen LogP contribution in [0.3, 0.4) is 0 Å². The quantitative estimate of drug-likeness (QED) is 0.512. The molecule has 0 fully saturated rings. The van der Waals surface area contributed by atoms with Crippen LogP contribution in [-0.2, 0) is 12.8 Å². The Labute approximate surface area is 172 Å². The number of hydrogen-bond acceptors (Lipinski definition) is 4. The predicted octanol–water partition coefficient (Wildman–Crippen LogP) is 4.11. The highest BCUT2D eigenvalue weighted by molar-refractivity contribution is 5.94. The number of benzene rings is 2. The Morgan fingerprint density at radius 1 is 0.966 bits per heavy atom. The first-order valence-corrected chi connectivity index (χ1v) is 9.90. The van der Waals surface area contributed by atoms with Gasteiger partial charge in [0.2, 0.25) is 0 Å². The molecule has 0 saturated heterocycles. The summed E-state index contributed by atoms with van der Waals surface area (Å²) >= 11 is 0. The molecule has 0 atom stereocenters. The zero-order chi connectivity index (χ0) is 20.3. The molecule has 3 rings (SSSR count). The number of aromatic nitrogens is 1. The first-order chi connectivity index (χ1) is 14.3. The summed E-state index contributed by atoms with van der Waals surface area (Å²) in [5.74, 6) is 1.46. The second-order valence-electron chi connectivity index (χ2n) is 6.76. The van der Waals surface area contributed by atoms with Crippen LogP contribution in [0.1, 0.15) is 27.9 Å². The number of aryl methyl sites for hydroxylation is 1. The number of nitrogens with zero attached hydrogens (tertiary/aromatic N) is 1. The lowest BCUT2D eigenvalue weighted by atomic mass is 10.1. The van der Waals surface area contributed by atoms with Crippen molar-refractivity contribution in [3.05, 3.63) is 89.6 Å². The molecule has 29 heavy (non-hydrogen) atoms. The van der Waals surface area contributed by atoms with Crippen molar-refractivity contribution in [2.45, 2.75) is 19.3 Å². The predicted molar refractivity (Wildman–Crippen MR) is 117 cm³/mol. The van der Waals surface area contributed by atoms with Crippen molar-refractivity contribution in [3.8, 4) is 5.75 Å². The molecule has 1 amide bonds. The van der Waals surface area contributed by atoms with Gasteiger partial charge in [-0.1, -0.05) is 48.5 Å². The third kappa shape index (κ3) is 6.35. The molecule has 0 radical (unpaired) electrons. The van der Waals surface area contributed by atoms with Gasteiger partial charge in [0.1, 0.15) is 11.6 Å². The Kier molecular flexibility index (Phi) is 7.63. The highest BCUT2D eigenvalue weighted by Gasteiger charge is 2.08. The fourth-order valence-corrected chi connectivity index (χ4v) is 3.14. The van der Waals surface area contributed by atoms with Crippen LogP contribution in [0.4, 0.5) is 5.82 Å². The first kappa shape index (κ1) is 20.4. The normalized spacial score (nSPS) is 10.4. The zero-order valence-corrected chi connectivity index (χ0v) is 16.7. The molecular weight excluding hydrogens is 362 g/mol. The summed E-state index contributed by atoms with van der Waals surface area (Å²) in [5.41, 5.74) is 3.00. The van der Waals surface area contributed by atoms with Gasteiger partial charge in [0.25, 0.3) is 5.91 Å². The molecule has 2 N–H and O–H groups in total. The van der Waals surface area contributed by atoms with Crippen molar-refractivity contribution >= 4 is 11.7 Å². The van der Waals surface area contributed by atoms with Gasteiger partial charge >= 0.3 is 0 Å². The van der Waals surface area contributed by atoms with Crippen LogP contribution in [0, 0.1) is 0 Å². The van der Waals surface area contributed by atoms with Gasteiger partial charge in [-0.3, -0.25) is 4.79 Å². The number of carbonyl (C=O) groups is 1. The van der Waals surface area contributed by atoms with Gasteiger partial charge in [-0.05, 0) is 48.6 Å². The summed E-state index contributed by atoms with van der Waals surface area (Å²) in [5, 5.41) is 6.26. The average molecular weight is 389 g/mol. The molecule has 150 valence electrons. The van der Waals surface area contributed by atoms with E-state index in [0.717, 1.165) is 36.5 Å². The van der Waals surface area contributed by atoms with Crippen LogP contribution < -0.4 is 15.4 Å². The maximum absolute atomic E-state index is 12.5. The minimum Gasteiger partial charge on any atom is -0.496 e. The highest BCUT2D eigenvalue weighted by Crippen LogP contribution is 2.17. The van der Waals surface area contributed by atoms with Crippen LogP contribution in [0.15, 0.2) is 72.9 Å². The molecule has 0 saturated carbocycles. The number of para-hydroxylation sites is 1. The number of methoxy groups -OCH3 is 1. The fraction of sp³-hybridized carbons (Fsp3) is 0.250. The van der Waals surface area contributed by atoms with Gasteiger partial charge in [-0.2, -0.15) is 0 Å². The fourth-order valence-electron chi connectivity index (χ4n) is 3.14. The molecule has 2 aromatic carbocycles. The molecule has 3 aromatic rings. The summed E-state index contributed by atoms with van der Waals surface area (Å²) in [4.78, 5) is 16.8. The van der Waals surface area contributed by atoms with Gasteiger partial charge in [0, 0.05) is 24.8 Å². The molecule has 0 spiro atoms. The summed E-state index contributed by atoms with van der Waals surface area (Å²) in [7, 11) is 1.66. The standard InChI is InChI=1S/C24H27N3O2/c1-29-22-12-6-5-11-20(22)13-17-27-24(28)21-14-16-26-23(18-21)25-15-7-10-19-8-3-2-4-9-19/h2-6,8-9,11-12,14,16,18H,7,10,13,15,17H2,1H3,(H,25,26)(H,27,28). The number of ether oxygens (including phenoxy) is 1. The zero-order valence-electron chi connectivity index (χ0n) is 16.7. The number of hydrogen-bond donors (Lipinski definition) is 2. The third-order valence-electron chi connectivity index (χ3n) is 4.69. The van der Waals surface area contributed by atoms with Crippen molar-refractivity contribution < 1.29 is 9.53 Å². The lowest BCUT2D eigenvalue weighted by Gasteiger charge is -2.10. The van der Waals surface area contributed by atoms with Crippen molar-refractivity contribution in [3.63, 3.8) is 0 Å². The number of carbonyl (C=O) groups excluding carboxylic acids is 1. The van der Waals surface area contributed by atoms with Crippen LogP contribution in [0.2, 0.25) is 0 Å². The smallest absolute Gasteiger partial charge is 0.251 e. The maximum Gasteiger partial charge on any atom is 0.251 e. The second kappa shape index (κ2) is 10.9. The molecule has 1 heterocycles. The summed E-state index contributed by atoms with van der Waals surface area (Å²) in [6, 6.07) is 21.8. The number of nitrogens with one attached hydrogen (secondary N) is 2. The van der Waals surface area contributed by atoms with Crippen molar-refractivity contribution in [1.29, 1.82) is 0 Å². The van der Waals surface area contributed by atoms with E-state index in [-0.39, 0.29) is 5.91 Å². The maximum atomic E-state index is 12.5. The van der Waals surface area contributed by atoms with E-state index in [1.807, 2.05) is 30.3 Å². The first-order valence-electron chi connectivity index (χ1n) is 9.90. The van der Waals surface area contributed by atoms with E-state index in [1.165, 1.54) is 5.56 Å². The van der Waals surface area contributed by atoms with Crippen molar-refractivity contribution in [2.24, 2.45) is 0 Å². The SMILES string of the molecule is COc1ccccc1CCNC(=O)c1ccnc(NCCCc2ccccc2)c1. The number of amides is 1. The van der Waals surface area contributed by atoms with Gasteiger partial charge in [-0.15, -0.1) is 0 Å². The Hall–Kier alpha value is -3.34. The molecule has 0 unspecified atom stereocenters. The monoisotopic (exact) mass is 389 g/mol. The molecule has 0 aliphatic carbocycles. The summed E-state index contributed by atoms with van der Waals surface area (Å²) < 4.78 is 5.35. The number of anilines is 1. The van der Waals surface area contributed by atoms with E-state index in [9.17, 15) is 4.79 Å². The van der Waals surface area contributed by atoms with Crippen LogP contribution in [0.25, 0.3) is 0 Å². The minimum absolute atomic E-state index is 0.102. The topological polar surface area (TPSA) is 63.2 Å². The molecule has 1 aromatic heterocycles. The van der Waals surface area contributed by atoms with Crippen LogP contribution in [-0.4, -0.2) is 31.1 Å². The molecule has 0 bridgehead atoms. The van der Waals surface area contributed by atoms with Gasteiger partial charge in [0.05, 0.1) is 7.11 Å². The Bertz CT molecular complexity index is 913. The average Bonchev–Trinajstić information content (AvgIpc) is 2.78. The number of pyridine rings is 1. The molecular formula is C24H27N3O2. The minimum atomic E-state index is -0.102. The largest absolute Gasteiger partial charge is 0.496 e. The van der Waals surface area contributed by atoms with Crippen LogP contribution in [0.5, 0.6) is 5.75 Å². The van der Waals surface area contributed by atoms with E-state index in [4.69, 9.17) is 4.74 Å². The molecule has 0 aliphatic rings. The van der Waals surface area contributed by atoms with E-state index >= 15 is 0 Å². The molecule has 0 aliphatic heterocycles. The van der Waals surface area contributed by atoms with E-state index in [0.29, 0.717) is 18.5 Å². The van der Waals surface area contributed by atoms with Gasteiger partial charge in [-0.25, -0.2) is 4.98 Å². The molecule has 5 heteroatoms. The summed E-state index contributed by atoms with van der Waals surface area (Å²) in [6.07, 6.45) is 4.39. The summed E-state index contributed by atoms with van der Waals surface area (Å²) in [6.45, 7) is 1.35. The van der Waals surface area contributed by atoms with E-state index in [1.54, 1.807) is 25.4 Å².